The van der Waals surface area contributed by atoms with Gasteiger partial charge in [-0.15, -0.1) is 0 Å². The molecule has 1 rings (SSSR count). The maximum absolute atomic E-state index is 13.1. The Labute approximate surface area is 78.4 Å². The average molecular weight is 199 g/mol. The van der Waals surface area contributed by atoms with E-state index in [2.05, 4.69) is 10.0 Å². The topological polar surface area (TPSA) is 69.0 Å². The minimum Gasteiger partial charge on any atom is -0.396 e. The Morgan fingerprint density at radius 3 is 2.71 bits per heavy atom. The van der Waals surface area contributed by atoms with Gasteiger partial charge in [0.05, 0.1) is 12.6 Å². The zero-order chi connectivity index (χ0) is 10.6. The van der Waals surface area contributed by atoms with Crippen molar-refractivity contribution in [3.8, 4) is 0 Å². The highest BCUT2D eigenvalue weighted by molar-refractivity contribution is 5.22. The summed E-state index contributed by atoms with van der Waals surface area (Å²) in [5, 5.41) is 12.0. The number of nitrogens with zero attached hydrogens (tertiary/aromatic N) is 3. The molecule has 0 heterocycles. The molecule has 1 atom stereocenters. The molecule has 0 aliphatic carbocycles. The van der Waals surface area contributed by atoms with Gasteiger partial charge in [0.1, 0.15) is 11.6 Å². The van der Waals surface area contributed by atoms with Crippen molar-refractivity contribution in [2.75, 3.05) is 6.61 Å². The molecule has 74 valence electrons. The van der Waals surface area contributed by atoms with E-state index >= 15 is 0 Å². The van der Waals surface area contributed by atoms with Crippen molar-refractivity contribution in [3.05, 3.63) is 45.8 Å². The fraction of sp³-hybridized carbons (Fsp3) is 0.250. The third-order valence-electron chi connectivity index (χ3n) is 1.69. The first-order valence-electron chi connectivity index (χ1n) is 3.79. The van der Waals surface area contributed by atoms with E-state index in [9.17, 15) is 8.78 Å². The van der Waals surface area contributed by atoms with Gasteiger partial charge in [0.25, 0.3) is 0 Å². The number of azide groups is 1. The molecule has 1 aromatic carbocycles. The van der Waals surface area contributed by atoms with Crippen LogP contribution in [0.25, 0.3) is 10.4 Å². The summed E-state index contributed by atoms with van der Waals surface area (Å²) in [7, 11) is 0. The molecule has 0 aliphatic rings. The predicted molar refractivity (Wildman–Crippen MR) is 45.3 cm³/mol. The fourth-order valence-electron chi connectivity index (χ4n) is 1.03. The van der Waals surface area contributed by atoms with Crippen LogP contribution in [0, 0.1) is 11.6 Å². The molecule has 4 nitrogen and oxygen atoms in total. The molecule has 0 amide bonds. The van der Waals surface area contributed by atoms with Crippen LogP contribution in [0.5, 0.6) is 0 Å². The molecular formula is C8H7F2N3O. The minimum absolute atomic E-state index is 0.0216. The summed E-state index contributed by atoms with van der Waals surface area (Å²) < 4.78 is 25.6. The van der Waals surface area contributed by atoms with Crippen LogP contribution in [0.1, 0.15) is 11.6 Å². The first-order valence-corrected chi connectivity index (χ1v) is 3.79. The highest BCUT2D eigenvalue weighted by atomic mass is 19.1. The van der Waals surface area contributed by atoms with Crippen LogP contribution in [0.4, 0.5) is 8.78 Å². The Bertz CT molecular complexity index is 377. The van der Waals surface area contributed by atoms with Crippen LogP contribution < -0.4 is 0 Å². The fourth-order valence-corrected chi connectivity index (χ4v) is 1.03. The second-order valence-corrected chi connectivity index (χ2v) is 2.57. The van der Waals surface area contributed by atoms with E-state index in [4.69, 9.17) is 10.6 Å². The summed E-state index contributed by atoms with van der Waals surface area (Å²) in [5.74, 6) is -1.56. The largest absolute Gasteiger partial charge is 0.396 e. The Kier molecular flexibility index (Phi) is 3.39. The van der Waals surface area contributed by atoms with Crippen molar-refractivity contribution in [1.82, 2.24) is 0 Å². The van der Waals surface area contributed by atoms with Crippen LogP contribution >= 0.6 is 0 Å². The lowest BCUT2D eigenvalue weighted by molar-refractivity contribution is 0.265. The van der Waals surface area contributed by atoms with Crippen molar-refractivity contribution in [1.29, 1.82) is 0 Å². The summed E-state index contributed by atoms with van der Waals surface area (Å²) >= 11 is 0. The minimum atomic E-state index is -1.01. The summed E-state index contributed by atoms with van der Waals surface area (Å²) in [6.45, 7) is -0.521. The zero-order valence-corrected chi connectivity index (χ0v) is 7.06. The molecule has 0 spiro atoms. The van der Waals surface area contributed by atoms with Crippen molar-refractivity contribution < 1.29 is 13.9 Å². The predicted octanol–water partition coefficient (Wildman–Crippen LogP) is 2.31. The van der Waals surface area contributed by atoms with Gasteiger partial charge in [-0.3, -0.25) is 0 Å². The number of aliphatic hydroxyl groups excluding tert-OH is 1. The lowest BCUT2D eigenvalue weighted by atomic mass is 10.1. The van der Waals surface area contributed by atoms with E-state index in [0.717, 1.165) is 12.1 Å². The molecule has 1 N–H and O–H groups in total. The van der Waals surface area contributed by atoms with Gasteiger partial charge in [-0.05, 0) is 17.2 Å². The molecular weight excluding hydrogens is 192 g/mol. The molecule has 0 saturated carbocycles. The van der Waals surface area contributed by atoms with Crippen molar-refractivity contribution in [2.45, 2.75) is 6.04 Å². The van der Waals surface area contributed by atoms with Crippen molar-refractivity contribution >= 4 is 0 Å². The second kappa shape index (κ2) is 4.55. The van der Waals surface area contributed by atoms with E-state index in [0.29, 0.717) is 6.07 Å². The Balaban J connectivity index is 3.10. The molecule has 0 aromatic heterocycles. The normalized spacial score (nSPS) is 11.9. The molecule has 0 fully saturated rings. The lowest BCUT2D eigenvalue weighted by Gasteiger charge is -2.08. The van der Waals surface area contributed by atoms with E-state index < -0.39 is 24.3 Å². The molecule has 0 bridgehead atoms. The summed E-state index contributed by atoms with van der Waals surface area (Å²) in [6.07, 6.45) is 0. The van der Waals surface area contributed by atoms with Gasteiger partial charge in [-0.2, -0.15) is 0 Å². The van der Waals surface area contributed by atoms with Gasteiger partial charge < -0.3 is 5.11 Å². The van der Waals surface area contributed by atoms with Gasteiger partial charge in [-0.25, -0.2) is 8.78 Å². The quantitative estimate of drug-likeness (QED) is 0.453. The number of aliphatic hydroxyl groups is 1. The van der Waals surface area contributed by atoms with Gasteiger partial charge in [0, 0.05) is 11.0 Å². The maximum atomic E-state index is 13.1. The molecule has 6 heteroatoms. The Hall–Kier alpha value is -1.65. The van der Waals surface area contributed by atoms with E-state index in [-0.39, 0.29) is 5.56 Å². The van der Waals surface area contributed by atoms with E-state index in [1.165, 1.54) is 0 Å². The van der Waals surface area contributed by atoms with Gasteiger partial charge in [0.15, 0.2) is 0 Å². The average Bonchev–Trinajstić information content (AvgIpc) is 2.15. The summed E-state index contributed by atoms with van der Waals surface area (Å²) in [4.78, 5) is 2.45. The number of benzene rings is 1. The smallest absolute Gasteiger partial charge is 0.129 e. The molecule has 1 aromatic rings. The third kappa shape index (κ3) is 2.18. The summed E-state index contributed by atoms with van der Waals surface area (Å²) in [6, 6.07) is 1.83. The molecule has 14 heavy (non-hydrogen) atoms. The molecule has 0 aliphatic heterocycles. The lowest BCUT2D eigenvalue weighted by Crippen LogP contribution is -2.03. The monoisotopic (exact) mass is 199 g/mol. The Morgan fingerprint density at radius 2 is 2.21 bits per heavy atom. The Morgan fingerprint density at radius 1 is 1.50 bits per heavy atom. The van der Waals surface area contributed by atoms with Crippen molar-refractivity contribution in [2.24, 2.45) is 5.11 Å². The van der Waals surface area contributed by atoms with Gasteiger partial charge >= 0.3 is 0 Å². The van der Waals surface area contributed by atoms with Crippen LogP contribution in [-0.4, -0.2) is 11.7 Å². The number of rotatable bonds is 3. The number of hydrogen-bond acceptors (Lipinski definition) is 2. The molecule has 1 unspecified atom stereocenters. The number of halogens is 2. The van der Waals surface area contributed by atoms with Crippen molar-refractivity contribution in [3.63, 3.8) is 0 Å². The SMILES string of the molecule is [N-]=[N+]=NC(CO)c1ccc(F)cc1F. The number of hydrogen-bond donors (Lipinski definition) is 1. The molecule has 0 radical (unpaired) electrons. The first kappa shape index (κ1) is 10.4. The molecule has 0 saturated heterocycles. The standard InChI is InChI=1S/C8H7F2N3O/c9-5-1-2-6(7(10)3-5)8(4-14)12-13-11/h1-3,8,14H,4H2. The zero-order valence-electron chi connectivity index (χ0n) is 7.06. The van der Waals surface area contributed by atoms with Gasteiger partial charge in [0.2, 0.25) is 0 Å². The van der Waals surface area contributed by atoms with Gasteiger partial charge in [-0.1, -0.05) is 11.2 Å². The third-order valence-corrected chi connectivity index (χ3v) is 1.69. The van der Waals surface area contributed by atoms with Crippen LogP contribution in [0.3, 0.4) is 0 Å². The van der Waals surface area contributed by atoms with Crippen LogP contribution in [0.15, 0.2) is 23.3 Å². The highest BCUT2D eigenvalue weighted by Gasteiger charge is 2.13. The van der Waals surface area contributed by atoms with E-state index in [1.54, 1.807) is 0 Å². The van der Waals surface area contributed by atoms with E-state index in [1.807, 2.05) is 0 Å². The second-order valence-electron chi connectivity index (χ2n) is 2.57. The first-order chi connectivity index (χ1) is 6.69. The van der Waals surface area contributed by atoms with Crippen LogP contribution in [0.2, 0.25) is 0 Å². The summed E-state index contributed by atoms with van der Waals surface area (Å²) in [5.41, 5.74) is 8.10. The maximum Gasteiger partial charge on any atom is 0.129 e. The van der Waals surface area contributed by atoms with Crippen LogP contribution in [-0.2, 0) is 0 Å². The highest BCUT2D eigenvalue weighted by Crippen LogP contribution is 2.20.